The summed E-state index contributed by atoms with van der Waals surface area (Å²) in [6.45, 7) is 1.16. The standard InChI is InChI=1S/C29H40N4O6S/c1-31(2)26-24-7-5-4-6-19(24)16-25(27(26)34)28(35)30-20-17-22-8-9-23(18-20)32(22)12-13-33(29(36)39-3)21-10-14-40(37,38)15-11-21/h4-7,16,20-23,26H,8-15,17-18H2,1-3H3,(H,30,35). The molecule has 1 aliphatic carbocycles. The number of ketones is 1. The van der Waals surface area contributed by atoms with E-state index in [0.29, 0.717) is 25.9 Å². The number of hydrogen-bond acceptors (Lipinski definition) is 8. The van der Waals surface area contributed by atoms with Crippen LogP contribution < -0.4 is 5.32 Å². The van der Waals surface area contributed by atoms with Gasteiger partial charge in [0.05, 0.1) is 30.2 Å². The normalized spacial score (nSPS) is 28.1. The Morgan fingerprint density at radius 2 is 1.70 bits per heavy atom. The molecule has 1 aromatic rings. The second-order valence-electron chi connectivity index (χ2n) is 11.7. The molecule has 1 aromatic carbocycles. The van der Waals surface area contributed by atoms with Gasteiger partial charge in [-0.15, -0.1) is 0 Å². The average Bonchev–Trinajstić information content (AvgIpc) is 3.15. The lowest BCUT2D eigenvalue weighted by Crippen LogP contribution is -2.54. The van der Waals surface area contributed by atoms with Crippen molar-refractivity contribution in [1.82, 2.24) is 20.0 Å². The molecule has 3 aliphatic heterocycles. The molecule has 1 N–H and O–H groups in total. The van der Waals surface area contributed by atoms with E-state index in [2.05, 4.69) is 10.2 Å². The van der Waals surface area contributed by atoms with Crippen molar-refractivity contribution < 1.29 is 27.5 Å². The van der Waals surface area contributed by atoms with E-state index in [-0.39, 0.29) is 52.9 Å². The quantitative estimate of drug-likeness (QED) is 0.494. The summed E-state index contributed by atoms with van der Waals surface area (Å²) in [7, 11) is 2.04. The Morgan fingerprint density at radius 1 is 1.05 bits per heavy atom. The van der Waals surface area contributed by atoms with E-state index >= 15 is 0 Å². The molecular formula is C29H40N4O6S. The molecule has 2 amide bonds. The van der Waals surface area contributed by atoms with E-state index in [0.717, 1.165) is 36.8 Å². The third-order valence-electron chi connectivity index (χ3n) is 9.06. The van der Waals surface area contributed by atoms with Crippen LogP contribution in [0.25, 0.3) is 6.08 Å². The van der Waals surface area contributed by atoms with Crippen molar-refractivity contribution in [2.24, 2.45) is 0 Å². The van der Waals surface area contributed by atoms with Crippen LogP contribution in [0.4, 0.5) is 4.79 Å². The summed E-state index contributed by atoms with van der Waals surface area (Å²) in [6, 6.07) is 7.62. The number of carbonyl (C=O) groups is 3. The molecule has 0 spiro atoms. The van der Waals surface area contributed by atoms with Crippen LogP contribution in [0.5, 0.6) is 0 Å². The first-order valence-corrected chi connectivity index (χ1v) is 16.0. The van der Waals surface area contributed by atoms with Gasteiger partial charge in [0.25, 0.3) is 5.91 Å². The number of nitrogens with one attached hydrogen (secondary N) is 1. The first-order valence-electron chi connectivity index (χ1n) is 14.2. The number of benzene rings is 1. The van der Waals surface area contributed by atoms with Gasteiger partial charge in [0.2, 0.25) is 0 Å². The lowest BCUT2D eigenvalue weighted by molar-refractivity contribution is -0.125. The fourth-order valence-corrected chi connectivity index (χ4v) is 8.54. The zero-order chi connectivity index (χ0) is 28.6. The Balaban J connectivity index is 1.21. The van der Waals surface area contributed by atoms with Gasteiger partial charge in [0.1, 0.15) is 9.84 Å². The molecule has 3 saturated heterocycles. The molecule has 3 heterocycles. The fraction of sp³-hybridized carbons (Fsp3) is 0.621. The minimum Gasteiger partial charge on any atom is -0.453 e. The third-order valence-corrected chi connectivity index (χ3v) is 10.8. The lowest BCUT2D eigenvalue weighted by Gasteiger charge is -2.41. The fourth-order valence-electron chi connectivity index (χ4n) is 7.07. The van der Waals surface area contributed by atoms with Gasteiger partial charge in [-0.3, -0.25) is 19.4 Å². The molecule has 11 heteroatoms. The monoisotopic (exact) mass is 572 g/mol. The van der Waals surface area contributed by atoms with Gasteiger partial charge in [-0.25, -0.2) is 13.2 Å². The molecule has 0 saturated carbocycles. The van der Waals surface area contributed by atoms with Crippen LogP contribution in [-0.4, -0.2) is 111 Å². The summed E-state index contributed by atoms with van der Waals surface area (Å²) in [5.41, 5.74) is 2.01. The van der Waals surface area contributed by atoms with E-state index in [4.69, 9.17) is 4.74 Å². The SMILES string of the molecule is COC(=O)N(CCN1C2CCC1CC(NC(=O)C1=Cc3ccccc3C(N(C)C)C1=O)C2)C1CCS(=O)(=O)CC1. The number of piperidine rings is 1. The maximum Gasteiger partial charge on any atom is 0.409 e. The Hall–Kier alpha value is -2.76. The molecule has 218 valence electrons. The Labute approximate surface area is 236 Å². The third kappa shape index (κ3) is 5.82. The van der Waals surface area contributed by atoms with Gasteiger partial charge >= 0.3 is 6.09 Å². The molecule has 5 rings (SSSR count). The molecule has 2 bridgehead atoms. The first kappa shape index (κ1) is 28.8. The van der Waals surface area contributed by atoms with Crippen LogP contribution in [0, 0.1) is 0 Å². The number of ether oxygens (including phenoxy) is 1. The Kier molecular flexibility index (Phi) is 8.35. The van der Waals surface area contributed by atoms with Gasteiger partial charge in [-0.05, 0) is 69.8 Å². The van der Waals surface area contributed by atoms with E-state index in [1.165, 1.54) is 7.11 Å². The maximum absolute atomic E-state index is 13.4. The topological polar surface area (TPSA) is 116 Å². The van der Waals surface area contributed by atoms with Crippen LogP contribution in [0.3, 0.4) is 0 Å². The van der Waals surface area contributed by atoms with Crippen LogP contribution >= 0.6 is 0 Å². The van der Waals surface area contributed by atoms with Gasteiger partial charge in [0, 0.05) is 37.3 Å². The number of fused-ring (bicyclic) bond motifs is 3. The highest BCUT2D eigenvalue weighted by molar-refractivity contribution is 7.91. The van der Waals surface area contributed by atoms with Crippen molar-refractivity contribution in [3.63, 3.8) is 0 Å². The van der Waals surface area contributed by atoms with Crippen molar-refractivity contribution >= 4 is 33.7 Å². The Morgan fingerprint density at radius 3 is 2.33 bits per heavy atom. The zero-order valence-corrected chi connectivity index (χ0v) is 24.4. The van der Waals surface area contributed by atoms with Crippen molar-refractivity contribution in [3.05, 3.63) is 41.0 Å². The molecule has 10 nitrogen and oxygen atoms in total. The van der Waals surface area contributed by atoms with Crippen LogP contribution in [-0.2, 0) is 24.2 Å². The number of rotatable bonds is 7. The van der Waals surface area contributed by atoms with Crippen LogP contribution in [0.1, 0.15) is 55.7 Å². The second kappa shape index (κ2) is 11.6. The maximum atomic E-state index is 13.4. The van der Waals surface area contributed by atoms with Crippen molar-refractivity contribution in [2.45, 2.75) is 68.7 Å². The summed E-state index contributed by atoms with van der Waals surface area (Å²) in [5.74, 6) is -0.295. The highest BCUT2D eigenvalue weighted by Crippen LogP contribution is 2.37. The molecule has 3 fully saturated rings. The van der Waals surface area contributed by atoms with Crippen molar-refractivity contribution in [1.29, 1.82) is 0 Å². The largest absolute Gasteiger partial charge is 0.453 e. The van der Waals surface area contributed by atoms with Crippen LogP contribution in [0.15, 0.2) is 29.8 Å². The highest BCUT2D eigenvalue weighted by Gasteiger charge is 2.43. The average molecular weight is 573 g/mol. The molecule has 40 heavy (non-hydrogen) atoms. The minimum absolute atomic E-state index is 0.0230. The highest BCUT2D eigenvalue weighted by atomic mass is 32.2. The predicted molar refractivity (Wildman–Crippen MR) is 151 cm³/mol. The first-order chi connectivity index (χ1) is 19.1. The number of carbonyl (C=O) groups excluding carboxylic acids is 3. The summed E-state index contributed by atoms with van der Waals surface area (Å²) in [6.07, 6.45) is 5.80. The smallest absolute Gasteiger partial charge is 0.409 e. The number of Topliss-reactive ketones (excluding diaryl/α,β-unsaturated/α-hetero) is 1. The van der Waals surface area contributed by atoms with E-state index < -0.39 is 22.0 Å². The van der Waals surface area contributed by atoms with Crippen molar-refractivity contribution in [2.75, 3.05) is 45.8 Å². The van der Waals surface area contributed by atoms with Crippen LogP contribution in [0.2, 0.25) is 0 Å². The molecule has 4 aliphatic rings. The molecular weight excluding hydrogens is 532 g/mol. The summed E-state index contributed by atoms with van der Waals surface area (Å²) in [4.78, 5) is 45.3. The molecule has 3 unspecified atom stereocenters. The van der Waals surface area contributed by atoms with E-state index in [1.807, 2.05) is 43.3 Å². The molecule has 0 aromatic heterocycles. The van der Waals surface area contributed by atoms with E-state index in [1.54, 1.807) is 11.0 Å². The van der Waals surface area contributed by atoms with Crippen molar-refractivity contribution in [3.8, 4) is 0 Å². The van der Waals surface area contributed by atoms with Gasteiger partial charge in [-0.1, -0.05) is 24.3 Å². The lowest BCUT2D eigenvalue weighted by atomic mass is 9.85. The summed E-state index contributed by atoms with van der Waals surface area (Å²) in [5, 5.41) is 3.17. The number of methoxy groups -OCH3 is 1. The number of sulfone groups is 1. The van der Waals surface area contributed by atoms with Gasteiger partial charge in [-0.2, -0.15) is 0 Å². The second-order valence-corrected chi connectivity index (χ2v) is 14.0. The number of amides is 2. The summed E-state index contributed by atoms with van der Waals surface area (Å²) < 4.78 is 28.8. The Bertz CT molecular complexity index is 1270. The van der Waals surface area contributed by atoms with E-state index in [9.17, 15) is 22.8 Å². The van der Waals surface area contributed by atoms with Gasteiger partial charge in [0.15, 0.2) is 5.78 Å². The predicted octanol–water partition coefficient (Wildman–Crippen LogP) is 2.01. The van der Waals surface area contributed by atoms with Gasteiger partial charge < -0.3 is 15.0 Å². The number of likely N-dealkylation sites (N-methyl/N-ethyl adjacent to an activating group) is 1. The molecule has 3 atom stereocenters. The number of hydrogen-bond donors (Lipinski definition) is 1. The minimum atomic E-state index is -3.03. The number of nitrogens with zero attached hydrogens (tertiary/aromatic N) is 3. The molecule has 0 radical (unpaired) electrons. The summed E-state index contributed by atoms with van der Waals surface area (Å²) >= 11 is 0. The zero-order valence-electron chi connectivity index (χ0n) is 23.5.